The van der Waals surface area contributed by atoms with E-state index < -0.39 is 35.4 Å². The number of hydrogen-bond donors (Lipinski definition) is 0. The van der Waals surface area contributed by atoms with Crippen LogP contribution in [0.3, 0.4) is 0 Å². The third-order valence-corrected chi connectivity index (χ3v) is 11.1. The van der Waals surface area contributed by atoms with E-state index in [2.05, 4.69) is 97.8 Å². The van der Waals surface area contributed by atoms with E-state index in [0.29, 0.717) is 22.9 Å². The summed E-state index contributed by atoms with van der Waals surface area (Å²) in [7, 11) is -0.171. The number of carbonyl (C=O) groups is 2. The van der Waals surface area contributed by atoms with Gasteiger partial charge in [0.25, 0.3) is 0 Å². The van der Waals surface area contributed by atoms with E-state index in [-0.39, 0.29) is 50.2 Å². The maximum Gasteiger partial charge on any atom is 2.00 e. The molecular formula is C41H27F6N6O4PRu. The molecule has 300 valence electrons. The van der Waals surface area contributed by atoms with Crippen LogP contribution in [0.4, 0.5) is 26.3 Å². The van der Waals surface area contributed by atoms with Crippen molar-refractivity contribution in [2.24, 2.45) is 20.5 Å². The Kier molecular flexibility index (Phi) is 13.3. The molecule has 59 heavy (non-hydrogen) atoms. The molecule has 2 aliphatic rings. The van der Waals surface area contributed by atoms with Crippen LogP contribution in [0.2, 0.25) is 0 Å². The Bertz CT molecular complexity index is 2420. The van der Waals surface area contributed by atoms with Gasteiger partial charge in [0.2, 0.25) is 11.1 Å². The van der Waals surface area contributed by atoms with Crippen LogP contribution in [0.15, 0.2) is 166 Å². The van der Waals surface area contributed by atoms with Crippen LogP contribution in [-0.4, -0.2) is 52.0 Å². The Balaban J connectivity index is 0.000000171. The van der Waals surface area contributed by atoms with E-state index in [1.807, 2.05) is 0 Å². The van der Waals surface area contributed by atoms with Crippen molar-refractivity contribution in [3.05, 3.63) is 157 Å². The van der Waals surface area contributed by atoms with Crippen LogP contribution >= 0.6 is 7.92 Å². The maximum absolute atomic E-state index is 13.0. The minimum atomic E-state index is -5.15. The maximum atomic E-state index is 13.0. The smallest absolute Gasteiger partial charge is 0.547 e. The fourth-order valence-electron chi connectivity index (χ4n) is 5.82. The monoisotopic (exact) mass is 914 g/mol. The standard InChI is InChI=1S/2C14H8F3N3O2.C13H13P.Ru/c2*15-14(16,17)13(12(21)22)7-10(19-20-13)11-9-4-2-1-3-8(9)5-6-18-11;1-14(12-8-4-2-5-9-12)13-10-6-3-7-11-13;/h2*1-7H,(H,21,22);2-11H,1H3;/q;;;+2/p-2. The molecule has 10 nitrogen and oxygen atoms in total. The quantitative estimate of drug-likeness (QED) is 0.100. The first-order valence-electron chi connectivity index (χ1n) is 17.0. The number of aromatic nitrogens is 2. The molecule has 6 aromatic rings. The molecule has 2 aliphatic heterocycles. The van der Waals surface area contributed by atoms with Crippen molar-refractivity contribution in [1.29, 1.82) is 0 Å². The molecular weight excluding hydrogens is 887 g/mol. The topological polar surface area (TPSA) is 155 Å². The number of azo groups is 2. The molecule has 4 heterocycles. The van der Waals surface area contributed by atoms with Gasteiger partial charge in [-0.25, -0.2) is 0 Å². The SMILES string of the molecule is CP(c1ccccc1)c1ccccc1.O=C([O-])C1(C(F)(F)F)C=C(c2nccc3ccccc23)N=N1.O=C([O-])C1(C(F)(F)F)C=C(c2nccc3ccccc23)N=N1.[Ru+2]. The molecule has 2 aromatic heterocycles. The molecule has 0 amide bonds. The molecule has 0 bridgehead atoms. The van der Waals surface area contributed by atoms with Gasteiger partial charge in [0.05, 0.1) is 23.3 Å². The van der Waals surface area contributed by atoms with Crippen LogP contribution < -0.4 is 20.8 Å². The number of pyridine rings is 2. The number of carboxylic acid groups (broad SMARTS) is 2. The summed E-state index contributed by atoms with van der Waals surface area (Å²) >= 11 is 0. The first kappa shape index (κ1) is 44.1. The third-order valence-electron chi connectivity index (χ3n) is 8.93. The molecule has 2 unspecified atom stereocenters. The number of fused-ring (bicyclic) bond motifs is 2. The average Bonchev–Trinajstić information content (AvgIpc) is 3.90. The Labute approximate surface area is 345 Å². The second-order valence-electron chi connectivity index (χ2n) is 12.6. The summed E-state index contributed by atoms with van der Waals surface area (Å²) in [6.07, 6.45) is -6.64. The van der Waals surface area contributed by atoms with E-state index in [4.69, 9.17) is 0 Å². The van der Waals surface area contributed by atoms with Crippen LogP contribution in [0, 0.1) is 0 Å². The minimum absolute atomic E-state index is 0. The van der Waals surface area contributed by atoms with Crippen molar-refractivity contribution in [3.63, 3.8) is 0 Å². The van der Waals surface area contributed by atoms with Crippen molar-refractivity contribution in [2.75, 3.05) is 6.66 Å². The molecule has 0 N–H and O–H groups in total. The van der Waals surface area contributed by atoms with E-state index in [9.17, 15) is 46.1 Å². The van der Waals surface area contributed by atoms with Crippen LogP contribution in [-0.2, 0) is 29.1 Å². The van der Waals surface area contributed by atoms with Gasteiger partial charge in [-0.2, -0.15) is 46.8 Å². The fourth-order valence-corrected chi connectivity index (χ4v) is 7.35. The predicted octanol–water partition coefficient (Wildman–Crippen LogP) is 6.93. The average molecular weight is 914 g/mol. The molecule has 0 saturated carbocycles. The third kappa shape index (κ3) is 9.01. The predicted molar refractivity (Wildman–Crippen MR) is 202 cm³/mol. The largest absolute Gasteiger partial charge is 2.00 e. The summed E-state index contributed by atoms with van der Waals surface area (Å²) in [6, 6.07) is 38.5. The van der Waals surface area contributed by atoms with Crippen molar-refractivity contribution in [1.82, 2.24) is 9.97 Å². The molecule has 0 aliphatic carbocycles. The second-order valence-corrected chi connectivity index (χ2v) is 14.7. The normalized spacial score (nSPS) is 18.2. The molecule has 0 spiro atoms. The number of aliphatic carboxylic acids is 2. The zero-order valence-electron chi connectivity index (χ0n) is 30.2. The Morgan fingerprint density at radius 1 is 0.542 bits per heavy atom. The van der Waals surface area contributed by atoms with Crippen molar-refractivity contribution in [3.8, 4) is 0 Å². The van der Waals surface area contributed by atoms with Gasteiger partial charge in [-0.1, -0.05) is 109 Å². The Morgan fingerprint density at radius 2 is 0.881 bits per heavy atom. The number of nitrogens with zero attached hydrogens (tertiary/aromatic N) is 6. The summed E-state index contributed by atoms with van der Waals surface area (Å²) in [5.41, 5.74) is -7.18. The van der Waals surface area contributed by atoms with Gasteiger partial charge in [0, 0.05) is 23.2 Å². The molecule has 8 rings (SSSR count). The second kappa shape index (κ2) is 17.8. The van der Waals surface area contributed by atoms with Crippen LogP contribution in [0.1, 0.15) is 11.4 Å². The number of alkyl halides is 6. The summed E-state index contributed by atoms with van der Waals surface area (Å²) in [6.45, 7) is 2.31. The van der Waals surface area contributed by atoms with Gasteiger partial charge in [0.15, 0.2) is 0 Å². The van der Waals surface area contributed by atoms with Crippen LogP contribution in [0.5, 0.6) is 0 Å². The Morgan fingerprint density at radius 3 is 1.20 bits per heavy atom. The van der Waals surface area contributed by atoms with Crippen molar-refractivity contribution >= 4 is 63.4 Å². The first-order chi connectivity index (χ1) is 27.6. The van der Waals surface area contributed by atoms with Gasteiger partial charge >= 0.3 is 31.8 Å². The zero-order chi connectivity index (χ0) is 41.7. The fraction of sp³-hybridized carbons (Fsp3) is 0.122. The molecule has 0 saturated heterocycles. The van der Waals surface area contributed by atoms with E-state index in [0.717, 1.165) is 10.8 Å². The molecule has 2 atom stereocenters. The molecule has 18 heteroatoms. The van der Waals surface area contributed by atoms with E-state index in [1.54, 1.807) is 60.7 Å². The Hall–Kier alpha value is -6.05. The summed E-state index contributed by atoms with van der Waals surface area (Å²) in [4.78, 5) is 29.9. The summed E-state index contributed by atoms with van der Waals surface area (Å²) < 4.78 is 78.2. The summed E-state index contributed by atoms with van der Waals surface area (Å²) in [5.74, 6) is -4.75. The molecule has 4 aromatic carbocycles. The van der Waals surface area contributed by atoms with Gasteiger partial charge < -0.3 is 19.8 Å². The van der Waals surface area contributed by atoms with E-state index in [1.165, 1.54) is 23.0 Å². The van der Waals surface area contributed by atoms with Gasteiger partial charge in [-0.15, -0.1) is 0 Å². The van der Waals surface area contributed by atoms with Gasteiger partial charge in [-0.05, 0) is 60.3 Å². The van der Waals surface area contributed by atoms with Crippen molar-refractivity contribution < 1.29 is 65.6 Å². The number of halogens is 6. The van der Waals surface area contributed by atoms with Gasteiger partial charge in [0.1, 0.15) is 11.4 Å². The zero-order valence-corrected chi connectivity index (χ0v) is 32.9. The number of carbonyl (C=O) groups excluding carboxylic acids is 2. The number of benzene rings is 4. The summed E-state index contributed by atoms with van der Waals surface area (Å²) in [5, 5.41) is 39.9. The number of carboxylic acids is 2. The van der Waals surface area contributed by atoms with Crippen LogP contribution in [0.25, 0.3) is 32.9 Å². The molecule has 0 fully saturated rings. The minimum Gasteiger partial charge on any atom is -0.547 e. The number of rotatable bonds is 6. The van der Waals surface area contributed by atoms with E-state index >= 15 is 0 Å². The van der Waals surface area contributed by atoms with Gasteiger partial charge in [-0.3, -0.25) is 9.97 Å². The molecule has 0 radical (unpaired) electrons. The number of hydrogen-bond acceptors (Lipinski definition) is 10. The first-order valence-corrected chi connectivity index (χ1v) is 18.8. The van der Waals surface area contributed by atoms with Crippen molar-refractivity contribution in [2.45, 2.75) is 23.4 Å².